The molecule has 0 spiro atoms. The fourth-order valence-electron chi connectivity index (χ4n) is 0. The summed E-state index contributed by atoms with van der Waals surface area (Å²) in [5.74, 6) is 0. The molecule has 4 nitrogen and oxygen atoms in total. The molecule has 0 atom stereocenters. The molecule has 0 aromatic heterocycles. The molecule has 0 amide bonds. The monoisotopic (exact) mass is 166 g/mol. The van der Waals surface area contributed by atoms with Crippen molar-refractivity contribution in [1.82, 2.24) is 6.15 Å². The van der Waals surface area contributed by atoms with E-state index in [4.69, 9.17) is 0 Å². The van der Waals surface area contributed by atoms with Gasteiger partial charge in [0.2, 0.25) is 0 Å². The van der Waals surface area contributed by atoms with E-state index in [9.17, 15) is 0 Å². The molecule has 0 saturated heterocycles. The summed E-state index contributed by atoms with van der Waals surface area (Å²) in [6, 6.07) is 0. The Bertz CT molecular complexity index is 6.85. The minimum Gasteiger partial charge on any atom is -0.412 e. The third-order valence-electron chi connectivity index (χ3n) is 0. The van der Waals surface area contributed by atoms with Crippen LogP contribution in [0.1, 0.15) is 0 Å². The molecule has 0 bridgehead atoms. The molecule has 0 aliphatic heterocycles. The first-order valence-corrected chi connectivity index (χ1v) is 0. The van der Waals surface area contributed by atoms with E-state index in [-0.39, 0.29) is 43.6 Å². The third kappa shape index (κ3) is 104. The van der Waals surface area contributed by atoms with Crippen molar-refractivity contribution in [3.8, 4) is 0 Å². The van der Waals surface area contributed by atoms with Gasteiger partial charge in [-0.15, -0.1) is 0 Å². The normalized spacial score (nSPS) is 0. The molecular weight excluding hydrogens is 158 g/mol. The standard InChI is InChI=1S/Mo.N.3H2O/h;;3*1H2. The van der Waals surface area contributed by atoms with E-state index in [0.29, 0.717) is 0 Å². The van der Waals surface area contributed by atoms with Gasteiger partial charge >= 0.3 is 0 Å². The van der Waals surface area contributed by atoms with Gasteiger partial charge in [0.05, 0.1) is 0 Å². The summed E-state index contributed by atoms with van der Waals surface area (Å²) >= 11 is 0. The second kappa shape index (κ2) is 202. The predicted octanol–water partition coefficient (Wildman–Crippen LogP) is -2.96. The number of hydrogen-bond donors (Lipinski definition) is 0. The molecule has 0 heterocycles. The van der Waals surface area contributed by atoms with Crippen molar-refractivity contribution < 1.29 is 37.5 Å². The first kappa shape index (κ1) is 406. The van der Waals surface area contributed by atoms with Crippen LogP contribution in [-0.2, 0) is 21.1 Å². The Kier molecular flexibility index (Phi) is 16400. The molecule has 35 valence electrons. The Morgan fingerprint density at radius 2 is 0.600 bits per heavy atom. The summed E-state index contributed by atoms with van der Waals surface area (Å²) in [5.41, 5.74) is 0. The topological polar surface area (TPSA) is 125 Å². The van der Waals surface area contributed by atoms with Crippen molar-refractivity contribution in [3.63, 3.8) is 0 Å². The summed E-state index contributed by atoms with van der Waals surface area (Å²) in [5, 5.41) is 0. The van der Waals surface area contributed by atoms with Crippen molar-refractivity contribution in [1.29, 1.82) is 0 Å². The van der Waals surface area contributed by atoms with E-state index in [1.54, 1.807) is 0 Å². The Hall–Kier alpha value is 0.528. The summed E-state index contributed by atoms with van der Waals surface area (Å²) < 4.78 is 0. The third-order valence-corrected chi connectivity index (χ3v) is 0. The Morgan fingerprint density at radius 1 is 0.600 bits per heavy atom. The SMILES string of the molecule is O.O.O.[Mo].[N]. The predicted molar refractivity (Wildman–Crippen MR) is 13.0 cm³/mol. The van der Waals surface area contributed by atoms with Crippen LogP contribution in [0, 0.1) is 0 Å². The molecule has 5 heavy (non-hydrogen) atoms. The van der Waals surface area contributed by atoms with Crippen LogP contribution >= 0.6 is 0 Å². The molecule has 5 heteroatoms. The van der Waals surface area contributed by atoms with E-state index >= 15 is 0 Å². The zero-order valence-corrected chi connectivity index (χ0v) is 4.36. The van der Waals surface area contributed by atoms with Crippen molar-refractivity contribution in [2.75, 3.05) is 0 Å². The van der Waals surface area contributed by atoms with Crippen molar-refractivity contribution >= 4 is 0 Å². The fraction of sp³-hybridized carbons (Fsp3) is 0. The molecule has 6 N–H and O–H groups in total. The van der Waals surface area contributed by atoms with Gasteiger partial charge in [-0.3, -0.25) is 0 Å². The maximum atomic E-state index is 0. The van der Waals surface area contributed by atoms with Gasteiger partial charge in [0, 0.05) is 27.2 Å². The largest absolute Gasteiger partial charge is 0.412 e. The van der Waals surface area contributed by atoms with Gasteiger partial charge in [-0.2, -0.15) is 0 Å². The number of nitrogens with zero attached hydrogens (tertiary/aromatic N) is 1. The zero-order chi connectivity index (χ0) is 0. The summed E-state index contributed by atoms with van der Waals surface area (Å²) in [4.78, 5) is 0. The Labute approximate surface area is 44.3 Å². The van der Waals surface area contributed by atoms with Crippen LogP contribution < -0.4 is 6.15 Å². The second-order valence-corrected chi connectivity index (χ2v) is 0. The van der Waals surface area contributed by atoms with E-state index in [1.807, 2.05) is 0 Å². The number of rotatable bonds is 0. The molecule has 0 rings (SSSR count). The first-order valence-electron chi connectivity index (χ1n) is 0. The number of hydrogen-bond acceptors (Lipinski definition) is 0. The average Bonchev–Trinajstić information content (AvgIpc) is 0. The summed E-state index contributed by atoms with van der Waals surface area (Å²) in [6.07, 6.45) is 0. The van der Waals surface area contributed by atoms with Crippen LogP contribution in [0.5, 0.6) is 0 Å². The van der Waals surface area contributed by atoms with Gasteiger partial charge in [-0.05, 0) is 0 Å². The summed E-state index contributed by atoms with van der Waals surface area (Å²) in [7, 11) is 0. The van der Waals surface area contributed by atoms with Crippen LogP contribution in [0.3, 0.4) is 0 Å². The van der Waals surface area contributed by atoms with E-state index in [0.717, 1.165) is 0 Å². The van der Waals surface area contributed by atoms with Crippen LogP contribution in [-0.4, -0.2) is 16.4 Å². The minimum absolute atomic E-state index is 0. The molecule has 0 aliphatic carbocycles. The quantitative estimate of drug-likeness (QED) is 0.339. The maximum absolute atomic E-state index is 0. The van der Waals surface area contributed by atoms with E-state index in [1.165, 1.54) is 0 Å². The van der Waals surface area contributed by atoms with Gasteiger partial charge in [0.25, 0.3) is 0 Å². The molecule has 0 saturated carbocycles. The molecule has 0 fully saturated rings. The fourth-order valence-corrected chi connectivity index (χ4v) is 0. The smallest absolute Gasteiger partial charge is 0 e. The van der Waals surface area contributed by atoms with Gasteiger partial charge < -0.3 is 16.4 Å². The molecule has 0 aromatic rings. The van der Waals surface area contributed by atoms with Crippen LogP contribution in [0.2, 0.25) is 0 Å². The van der Waals surface area contributed by atoms with Crippen LogP contribution in [0.25, 0.3) is 0 Å². The molecule has 0 unspecified atom stereocenters. The van der Waals surface area contributed by atoms with E-state index < -0.39 is 0 Å². The van der Waals surface area contributed by atoms with Crippen LogP contribution in [0.4, 0.5) is 0 Å². The summed E-state index contributed by atoms with van der Waals surface area (Å²) in [6.45, 7) is 0. The molecule has 0 aliphatic rings. The van der Waals surface area contributed by atoms with Gasteiger partial charge in [-0.25, -0.2) is 0 Å². The van der Waals surface area contributed by atoms with Crippen LogP contribution in [0.15, 0.2) is 0 Å². The minimum atomic E-state index is 0. The van der Waals surface area contributed by atoms with Crippen molar-refractivity contribution in [3.05, 3.63) is 0 Å². The molecule has 3 radical (unpaired) electrons. The van der Waals surface area contributed by atoms with Crippen molar-refractivity contribution in [2.45, 2.75) is 0 Å². The van der Waals surface area contributed by atoms with Gasteiger partial charge in [0.1, 0.15) is 0 Å². The van der Waals surface area contributed by atoms with Gasteiger partial charge in [-0.1, -0.05) is 0 Å². The molecule has 0 aromatic carbocycles. The van der Waals surface area contributed by atoms with Crippen molar-refractivity contribution in [2.24, 2.45) is 0 Å². The average molecular weight is 164 g/mol. The Morgan fingerprint density at radius 3 is 0.600 bits per heavy atom. The zero-order valence-electron chi connectivity index (χ0n) is 2.36. The first-order chi connectivity index (χ1) is 0. The maximum Gasteiger partial charge on any atom is 0 e. The van der Waals surface area contributed by atoms with E-state index in [2.05, 4.69) is 0 Å². The second-order valence-electron chi connectivity index (χ2n) is 0. The molecular formula is H6MoNO3. The Balaban J connectivity index is 0. The van der Waals surface area contributed by atoms with Gasteiger partial charge in [0.15, 0.2) is 0 Å².